The monoisotopic (exact) mass is 264 g/mol. The predicted octanol–water partition coefficient (Wildman–Crippen LogP) is 1.77. The van der Waals surface area contributed by atoms with Gasteiger partial charge in [0.05, 0.1) is 25.5 Å². The molecule has 2 N–H and O–H groups in total. The van der Waals surface area contributed by atoms with Gasteiger partial charge < -0.3 is 20.1 Å². The molecule has 1 aliphatic carbocycles. The van der Waals surface area contributed by atoms with E-state index in [1.807, 2.05) is 0 Å². The van der Waals surface area contributed by atoms with Crippen LogP contribution in [0.1, 0.15) is 23.2 Å². The van der Waals surface area contributed by atoms with Crippen molar-refractivity contribution in [2.24, 2.45) is 5.92 Å². The minimum absolute atomic E-state index is 0.0957. The number of rotatable bonds is 5. The van der Waals surface area contributed by atoms with E-state index in [1.54, 1.807) is 31.2 Å². The van der Waals surface area contributed by atoms with Crippen molar-refractivity contribution in [3.05, 3.63) is 17.7 Å². The molecule has 0 saturated heterocycles. The Balaban J connectivity index is 2.28. The Hall–Kier alpha value is -1.91. The van der Waals surface area contributed by atoms with Crippen LogP contribution in [0, 0.1) is 5.92 Å². The molecule has 1 aliphatic rings. The maximum Gasteiger partial charge on any atom is 0.255 e. The molecule has 0 bridgehead atoms. The number of anilines is 1. The van der Waals surface area contributed by atoms with E-state index >= 15 is 0 Å². The van der Waals surface area contributed by atoms with E-state index in [9.17, 15) is 4.79 Å². The van der Waals surface area contributed by atoms with Gasteiger partial charge in [-0.05, 0) is 24.8 Å². The van der Waals surface area contributed by atoms with Crippen molar-refractivity contribution < 1.29 is 14.3 Å². The Morgan fingerprint density at radius 3 is 2.58 bits per heavy atom. The summed E-state index contributed by atoms with van der Waals surface area (Å²) in [5.41, 5.74) is 6.76. The van der Waals surface area contributed by atoms with Gasteiger partial charge in [-0.2, -0.15) is 0 Å². The van der Waals surface area contributed by atoms with Crippen molar-refractivity contribution >= 4 is 11.6 Å². The highest BCUT2D eigenvalue weighted by Gasteiger charge is 2.26. The molecule has 5 heteroatoms. The molecular formula is C14H20N2O3. The second-order valence-electron chi connectivity index (χ2n) is 4.92. The molecule has 1 aromatic carbocycles. The lowest BCUT2D eigenvalue weighted by Crippen LogP contribution is -2.29. The van der Waals surface area contributed by atoms with Crippen LogP contribution in [0.3, 0.4) is 0 Å². The van der Waals surface area contributed by atoms with Crippen LogP contribution in [0.25, 0.3) is 0 Å². The molecule has 0 aromatic heterocycles. The Labute approximate surface area is 113 Å². The van der Waals surface area contributed by atoms with Gasteiger partial charge in [-0.3, -0.25) is 4.79 Å². The van der Waals surface area contributed by atoms with Crippen molar-refractivity contribution in [1.82, 2.24) is 4.90 Å². The molecule has 0 atom stereocenters. The average Bonchev–Trinajstić information content (AvgIpc) is 3.22. The summed E-state index contributed by atoms with van der Waals surface area (Å²) in [6.07, 6.45) is 2.41. The van der Waals surface area contributed by atoms with Crippen LogP contribution in [0.4, 0.5) is 5.69 Å². The normalized spacial score (nSPS) is 14.1. The Morgan fingerprint density at radius 1 is 1.37 bits per heavy atom. The maximum absolute atomic E-state index is 12.4. The van der Waals surface area contributed by atoms with Crippen molar-refractivity contribution in [1.29, 1.82) is 0 Å². The molecule has 5 nitrogen and oxygen atoms in total. The largest absolute Gasteiger partial charge is 0.497 e. The molecular weight excluding hydrogens is 244 g/mol. The van der Waals surface area contributed by atoms with Crippen LogP contribution < -0.4 is 15.2 Å². The number of hydrogen-bond donors (Lipinski definition) is 1. The number of methoxy groups -OCH3 is 2. The average molecular weight is 264 g/mol. The van der Waals surface area contributed by atoms with E-state index in [0.717, 1.165) is 6.54 Å². The summed E-state index contributed by atoms with van der Waals surface area (Å²) in [6, 6.07) is 3.33. The minimum Gasteiger partial charge on any atom is -0.497 e. The summed E-state index contributed by atoms with van der Waals surface area (Å²) < 4.78 is 10.3. The summed E-state index contributed by atoms with van der Waals surface area (Å²) in [7, 11) is 4.87. The van der Waals surface area contributed by atoms with Gasteiger partial charge in [0.2, 0.25) is 0 Å². The third-order valence-electron chi connectivity index (χ3n) is 3.38. The first kappa shape index (κ1) is 13.5. The highest BCUT2D eigenvalue weighted by Crippen LogP contribution is 2.33. The molecule has 0 unspecified atom stereocenters. The number of carbonyl (C=O) groups excluding carboxylic acids is 1. The number of ether oxygens (including phenoxy) is 2. The molecule has 1 saturated carbocycles. The first-order valence-electron chi connectivity index (χ1n) is 6.33. The molecule has 1 aromatic rings. The van der Waals surface area contributed by atoms with E-state index in [4.69, 9.17) is 15.2 Å². The molecule has 0 radical (unpaired) electrons. The second kappa shape index (κ2) is 5.38. The minimum atomic E-state index is -0.0957. The van der Waals surface area contributed by atoms with Gasteiger partial charge in [0.15, 0.2) is 0 Å². The maximum atomic E-state index is 12.4. The molecule has 0 spiro atoms. The van der Waals surface area contributed by atoms with Gasteiger partial charge in [-0.15, -0.1) is 0 Å². The van der Waals surface area contributed by atoms with Crippen LogP contribution in [0.5, 0.6) is 11.5 Å². The third-order valence-corrected chi connectivity index (χ3v) is 3.38. The number of carbonyl (C=O) groups is 1. The summed E-state index contributed by atoms with van der Waals surface area (Å²) >= 11 is 0. The lowest BCUT2D eigenvalue weighted by atomic mass is 10.1. The topological polar surface area (TPSA) is 64.8 Å². The number of benzene rings is 1. The lowest BCUT2D eigenvalue weighted by Gasteiger charge is -2.19. The van der Waals surface area contributed by atoms with E-state index in [1.165, 1.54) is 20.0 Å². The number of hydrogen-bond acceptors (Lipinski definition) is 4. The zero-order chi connectivity index (χ0) is 14.0. The van der Waals surface area contributed by atoms with E-state index in [-0.39, 0.29) is 5.91 Å². The highest BCUT2D eigenvalue weighted by molar-refractivity contribution is 6.00. The van der Waals surface area contributed by atoms with E-state index in [2.05, 4.69) is 0 Å². The van der Waals surface area contributed by atoms with Gasteiger partial charge in [0.1, 0.15) is 11.5 Å². The summed E-state index contributed by atoms with van der Waals surface area (Å²) in [6.45, 7) is 0.776. The van der Waals surface area contributed by atoms with Crippen LogP contribution >= 0.6 is 0 Å². The molecule has 19 heavy (non-hydrogen) atoms. The summed E-state index contributed by atoms with van der Waals surface area (Å²) in [4.78, 5) is 14.1. The molecule has 1 fully saturated rings. The summed E-state index contributed by atoms with van der Waals surface area (Å²) in [5.74, 6) is 1.57. The fourth-order valence-electron chi connectivity index (χ4n) is 2.04. The van der Waals surface area contributed by atoms with Crippen LogP contribution in [-0.4, -0.2) is 38.6 Å². The first-order valence-corrected chi connectivity index (χ1v) is 6.33. The molecule has 104 valence electrons. The number of nitrogen functional groups attached to an aromatic ring is 1. The van der Waals surface area contributed by atoms with Crippen molar-refractivity contribution in [2.45, 2.75) is 12.8 Å². The molecule has 0 aliphatic heterocycles. The van der Waals surface area contributed by atoms with Crippen molar-refractivity contribution in [3.63, 3.8) is 0 Å². The Kier molecular flexibility index (Phi) is 3.83. The highest BCUT2D eigenvalue weighted by atomic mass is 16.5. The Bertz CT molecular complexity index is 484. The van der Waals surface area contributed by atoms with Gasteiger partial charge in [-0.25, -0.2) is 0 Å². The molecule has 2 rings (SSSR count). The van der Waals surface area contributed by atoms with Crippen LogP contribution in [0.15, 0.2) is 12.1 Å². The van der Waals surface area contributed by atoms with Crippen LogP contribution in [0.2, 0.25) is 0 Å². The second-order valence-corrected chi connectivity index (χ2v) is 4.92. The molecule has 0 heterocycles. The van der Waals surface area contributed by atoms with Crippen molar-refractivity contribution in [3.8, 4) is 11.5 Å². The fraction of sp³-hybridized carbons (Fsp3) is 0.500. The lowest BCUT2D eigenvalue weighted by molar-refractivity contribution is 0.0789. The van der Waals surface area contributed by atoms with E-state index < -0.39 is 0 Å². The fourth-order valence-corrected chi connectivity index (χ4v) is 2.04. The number of nitrogens with zero attached hydrogens (tertiary/aromatic N) is 1. The Morgan fingerprint density at radius 2 is 2.05 bits per heavy atom. The smallest absolute Gasteiger partial charge is 0.255 e. The molecule has 1 amide bonds. The number of amides is 1. The number of nitrogens with two attached hydrogens (primary N) is 1. The van der Waals surface area contributed by atoms with Crippen LogP contribution in [-0.2, 0) is 0 Å². The van der Waals surface area contributed by atoms with Gasteiger partial charge in [0.25, 0.3) is 5.91 Å². The zero-order valence-electron chi connectivity index (χ0n) is 11.6. The zero-order valence-corrected chi connectivity index (χ0v) is 11.6. The standard InChI is InChI=1S/C14H20N2O3/c1-16(8-9-4-5-9)14(17)11-6-10(18-2)7-12(19-3)13(11)15/h6-7,9H,4-5,8,15H2,1-3H3. The van der Waals surface area contributed by atoms with E-state index in [0.29, 0.717) is 28.7 Å². The van der Waals surface area contributed by atoms with Gasteiger partial charge in [-0.1, -0.05) is 0 Å². The summed E-state index contributed by atoms with van der Waals surface area (Å²) in [5, 5.41) is 0. The third kappa shape index (κ3) is 2.92. The van der Waals surface area contributed by atoms with Gasteiger partial charge in [0, 0.05) is 19.7 Å². The predicted molar refractivity (Wildman–Crippen MR) is 73.6 cm³/mol. The van der Waals surface area contributed by atoms with Crippen molar-refractivity contribution in [2.75, 3.05) is 33.5 Å². The SMILES string of the molecule is COc1cc(OC)c(N)c(C(=O)N(C)CC2CC2)c1. The van der Waals surface area contributed by atoms with Gasteiger partial charge >= 0.3 is 0 Å². The first-order chi connectivity index (χ1) is 9.06. The quantitative estimate of drug-likeness (QED) is 0.823.